The summed E-state index contributed by atoms with van der Waals surface area (Å²) in [4.78, 5) is 17.3. The maximum Gasteiger partial charge on any atom is 0.278 e. The van der Waals surface area contributed by atoms with E-state index >= 15 is 8.42 Å². The maximum absolute atomic E-state index is 15.7. The van der Waals surface area contributed by atoms with Crippen LogP contribution in [-0.4, -0.2) is 20.0 Å². The first-order valence-electron chi connectivity index (χ1n) is 23.5. The van der Waals surface area contributed by atoms with Gasteiger partial charge in [-0.25, -0.2) is 3.63 Å². The van der Waals surface area contributed by atoms with Gasteiger partial charge in [0.25, 0.3) is 10.1 Å². The van der Waals surface area contributed by atoms with Crippen LogP contribution in [0.1, 0.15) is 185 Å². The fourth-order valence-corrected chi connectivity index (χ4v) is 17.2. The normalized spacial score (nSPS) is 19.3. The molecule has 2 aliphatic rings. The van der Waals surface area contributed by atoms with E-state index in [4.69, 9.17) is 3.63 Å². The van der Waals surface area contributed by atoms with Crippen molar-refractivity contribution in [1.82, 2.24) is 0 Å². The average Bonchev–Trinajstić information content (AvgIpc) is 3.55. The fraction of sp³-hybridized carbons (Fsp3) is 0.635. The van der Waals surface area contributed by atoms with Crippen molar-refractivity contribution in [3.63, 3.8) is 0 Å². The van der Waals surface area contributed by atoms with Gasteiger partial charge in [-0.15, -0.1) is 0 Å². The molecule has 322 valence electrons. The minimum Gasteiger partial charge on any atom is -0.299 e. The Morgan fingerprint density at radius 3 is 1.34 bits per heavy atom. The quantitative estimate of drug-likeness (QED) is 0.0853. The summed E-state index contributed by atoms with van der Waals surface area (Å²) in [5.41, 5.74) is 6.40. The minimum atomic E-state index is -4.30. The van der Waals surface area contributed by atoms with Crippen LogP contribution in [0.2, 0.25) is 0 Å². The van der Waals surface area contributed by atoms with Crippen molar-refractivity contribution in [3.8, 4) is 0 Å². The first-order valence-corrected chi connectivity index (χ1v) is 26.7. The van der Waals surface area contributed by atoms with Crippen molar-refractivity contribution >= 4 is 26.2 Å². The molecule has 2 atom stereocenters. The van der Waals surface area contributed by atoms with Gasteiger partial charge in [-0.05, 0) is 157 Å². The number of hydrogen-bond acceptors (Lipinski definition) is 4. The summed E-state index contributed by atoms with van der Waals surface area (Å²) in [6.07, 6.45) is 20.2. The SMILES string of the molecule is CCCCc1cc(CCCC)c(S(OS(=O)(=O)CC23CCC(CC2=O)C3(C)C)(c2ccccc2)c2c(CCCC)cc(CCCC)cc2CCCC)c(CCCC)c1. The Hall–Kier alpha value is -2.41. The van der Waals surface area contributed by atoms with Crippen LogP contribution in [0.15, 0.2) is 69.3 Å². The standard InChI is InChI=1S/C52H78O4S2/c1-9-15-24-40-34-42(26-17-11-3)49(43(35-40)27-18-12-4)58(47-30-22-21-23-31-47,56-57(54,55)39-52-33-32-46(38-48(52)53)51(52,7)8)50-44(28-19-13-5)36-41(25-16-10-2)37-45(50)29-20-14-6/h21-23,30-31,34-37,46H,9-20,24-29,32-33,38-39H2,1-8H3. The van der Waals surface area contributed by atoms with Crippen molar-refractivity contribution in [1.29, 1.82) is 0 Å². The number of unbranched alkanes of at least 4 members (excludes halogenated alkanes) is 6. The van der Waals surface area contributed by atoms with Gasteiger partial charge in [0.1, 0.15) is 5.78 Å². The zero-order valence-electron chi connectivity index (χ0n) is 37.8. The van der Waals surface area contributed by atoms with E-state index in [0.29, 0.717) is 12.8 Å². The molecule has 0 heterocycles. The fourth-order valence-electron chi connectivity index (χ4n) is 10.3. The van der Waals surface area contributed by atoms with E-state index in [1.54, 1.807) is 0 Å². The summed E-state index contributed by atoms with van der Waals surface area (Å²) < 4.78 is 39.0. The molecule has 2 saturated carbocycles. The Bertz CT molecular complexity index is 1780. The number of benzene rings is 3. The number of fused-ring (bicyclic) bond motifs is 2. The van der Waals surface area contributed by atoms with Gasteiger partial charge in [0.2, 0.25) is 0 Å². The summed E-state index contributed by atoms with van der Waals surface area (Å²) in [6.45, 7) is 17.8. The zero-order valence-corrected chi connectivity index (χ0v) is 39.4. The van der Waals surface area contributed by atoms with Crippen molar-refractivity contribution < 1.29 is 16.8 Å². The third kappa shape index (κ3) is 9.86. The van der Waals surface area contributed by atoms with Gasteiger partial charge in [0, 0.05) is 21.1 Å². The molecule has 3 aromatic carbocycles. The minimum absolute atomic E-state index is 0.112. The third-order valence-corrected chi connectivity index (χ3v) is 19.5. The lowest BCUT2D eigenvalue weighted by atomic mass is 9.70. The Kier molecular flexibility index (Phi) is 16.8. The highest BCUT2D eigenvalue weighted by molar-refractivity contribution is 8.33. The summed E-state index contributed by atoms with van der Waals surface area (Å²) in [6, 6.07) is 20.3. The van der Waals surface area contributed by atoms with Gasteiger partial charge in [0.05, 0.1) is 11.2 Å². The largest absolute Gasteiger partial charge is 0.299 e. The highest BCUT2D eigenvalue weighted by Gasteiger charge is 2.66. The van der Waals surface area contributed by atoms with Crippen LogP contribution < -0.4 is 0 Å². The molecule has 6 heteroatoms. The van der Waals surface area contributed by atoms with Gasteiger partial charge in [-0.3, -0.25) is 4.79 Å². The van der Waals surface area contributed by atoms with Crippen molar-refractivity contribution in [2.24, 2.45) is 16.7 Å². The molecule has 0 N–H and O–H groups in total. The maximum atomic E-state index is 15.7. The predicted octanol–water partition coefficient (Wildman–Crippen LogP) is 14.7. The van der Waals surface area contributed by atoms with Crippen LogP contribution in [0.4, 0.5) is 0 Å². The van der Waals surface area contributed by atoms with Crippen molar-refractivity contribution in [3.05, 3.63) is 88.0 Å². The van der Waals surface area contributed by atoms with Crippen LogP contribution in [0.25, 0.3) is 0 Å². The number of hydrogen-bond donors (Lipinski definition) is 0. The molecule has 0 aliphatic heterocycles. The molecule has 2 unspecified atom stereocenters. The van der Waals surface area contributed by atoms with E-state index in [9.17, 15) is 4.79 Å². The lowest BCUT2D eigenvalue weighted by Gasteiger charge is -2.45. The summed E-state index contributed by atoms with van der Waals surface area (Å²) >= 11 is 0. The second-order valence-corrected chi connectivity index (χ2v) is 22.8. The molecule has 58 heavy (non-hydrogen) atoms. The van der Waals surface area contributed by atoms with Gasteiger partial charge in [-0.2, -0.15) is 8.42 Å². The van der Waals surface area contributed by atoms with Crippen molar-refractivity contribution in [2.45, 2.75) is 205 Å². The molecule has 0 aromatic heterocycles. The van der Waals surface area contributed by atoms with E-state index < -0.39 is 31.3 Å². The lowest BCUT2D eigenvalue weighted by Crippen LogP contribution is -2.42. The molecule has 4 nitrogen and oxygen atoms in total. The second kappa shape index (κ2) is 20.9. The second-order valence-electron chi connectivity index (χ2n) is 18.4. The van der Waals surface area contributed by atoms with E-state index in [0.717, 1.165) is 137 Å². The lowest BCUT2D eigenvalue weighted by molar-refractivity contribution is -0.128. The summed E-state index contributed by atoms with van der Waals surface area (Å²) in [5.74, 6) is 0.0765. The number of carbonyl (C=O) groups excluding carboxylic acids is 1. The van der Waals surface area contributed by atoms with E-state index in [-0.39, 0.29) is 17.5 Å². The molecule has 5 rings (SSSR count). The average molecular weight is 831 g/mol. The van der Waals surface area contributed by atoms with E-state index in [1.165, 1.54) is 33.4 Å². The van der Waals surface area contributed by atoms with Crippen LogP contribution in [0.3, 0.4) is 0 Å². The van der Waals surface area contributed by atoms with Crippen molar-refractivity contribution in [2.75, 3.05) is 5.75 Å². The number of aryl methyl sites for hydroxylation is 6. The number of rotatable bonds is 25. The Morgan fingerprint density at radius 1 is 0.603 bits per heavy atom. The van der Waals surface area contributed by atoms with Gasteiger partial charge in [0.15, 0.2) is 0 Å². The van der Waals surface area contributed by atoms with Crippen LogP contribution in [-0.2, 0) is 57.1 Å². The zero-order chi connectivity index (χ0) is 42.0. The first kappa shape index (κ1) is 46.7. The number of ketones is 1. The molecule has 0 saturated heterocycles. The van der Waals surface area contributed by atoms with Gasteiger partial charge in [-0.1, -0.05) is 136 Å². The molecule has 3 aromatic rings. The number of Topliss-reactive ketones (excluding diaryl/α,β-unsaturated/α-hetero) is 1. The molecule has 2 aliphatic carbocycles. The molecule has 0 radical (unpaired) electrons. The third-order valence-electron chi connectivity index (χ3n) is 13.9. The Morgan fingerprint density at radius 2 is 1.00 bits per heavy atom. The van der Waals surface area contributed by atoms with Gasteiger partial charge < -0.3 is 0 Å². The molecule has 0 spiro atoms. The highest BCUT2D eigenvalue weighted by Crippen LogP contribution is 2.74. The Balaban J connectivity index is 1.98. The number of carbonyl (C=O) groups is 1. The highest BCUT2D eigenvalue weighted by atomic mass is 32.3. The smallest absolute Gasteiger partial charge is 0.278 e. The molecular weight excluding hydrogens is 753 g/mol. The summed E-state index contributed by atoms with van der Waals surface area (Å²) in [7, 11) is -7.22. The Labute approximate surface area is 356 Å². The molecule has 0 amide bonds. The van der Waals surface area contributed by atoms with Crippen LogP contribution in [0, 0.1) is 16.7 Å². The van der Waals surface area contributed by atoms with E-state index in [1.807, 2.05) is 6.07 Å². The van der Waals surface area contributed by atoms with Crippen LogP contribution in [0.5, 0.6) is 0 Å². The molecule has 2 fully saturated rings. The van der Waals surface area contributed by atoms with Gasteiger partial charge >= 0.3 is 0 Å². The first-order chi connectivity index (χ1) is 27.9. The topological polar surface area (TPSA) is 60.4 Å². The monoisotopic (exact) mass is 831 g/mol. The summed E-state index contributed by atoms with van der Waals surface area (Å²) in [5, 5.41) is 0. The van der Waals surface area contributed by atoms with Crippen LogP contribution >= 0.6 is 10.3 Å². The molecule has 2 bridgehead atoms. The predicted molar refractivity (Wildman–Crippen MR) is 247 cm³/mol. The molecular formula is C52H78O4S2. The van der Waals surface area contributed by atoms with E-state index in [2.05, 4.69) is 104 Å².